The molecule has 16 heavy (non-hydrogen) atoms. The van der Waals surface area contributed by atoms with Crippen LogP contribution < -0.4 is 0 Å². The van der Waals surface area contributed by atoms with E-state index in [2.05, 4.69) is 15.2 Å². The van der Waals surface area contributed by atoms with Crippen molar-refractivity contribution in [1.29, 1.82) is 0 Å². The van der Waals surface area contributed by atoms with Crippen LogP contribution in [0.3, 0.4) is 0 Å². The number of nitrogens with zero attached hydrogens (tertiary/aromatic N) is 1. The van der Waals surface area contributed by atoms with Gasteiger partial charge in [0, 0.05) is 16.6 Å². The van der Waals surface area contributed by atoms with Crippen LogP contribution in [-0.4, -0.2) is 15.2 Å². The van der Waals surface area contributed by atoms with Crippen LogP contribution in [0.4, 0.5) is 0 Å². The van der Waals surface area contributed by atoms with Gasteiger partial charge >= 0.3 is 0 Å². The van der Waals surface area contributed by atoms with Crippen LogP contribution >= 0.6 is 11.6 Å². The van der Waals surface area contributed by atoms with Crippen LogP contribution in [0.25, 0.3) is 22.3 Å². The van der Waals surface area contributed by atoms with E-state index in [1.54, 1.807) is 0 Å². The lowest BCUT2D eigenvalue weighted by Gasteiger charge is -1.90. The molecule has 0 amide bonds. The van der Waals surface area contributed by atoms with Crippen molar-refractivity contribution in [2.45, 2.75) is 6.92 Å². The number of para-hydroxylation sites is 1. The summed E-state index contributed by atoms with van der Waals surface area (Å²) in [7, 11) is 0. The van der Waals surface area contributed by atoms with Crippen LogP contribution in [-0.2, 0) is 0 Å². The van der Waals surface area contributed by atoms with Crippen LogP contribution in [0, 0.1) is 6.92 Å². The van der Waals surface area contributed by atoms with E-state index in [4.69, 9.17) is 11.6 Å². The quantitative estimate of drug-likeness (QED) is 0.661. The molecule has 1 aromatic carbocycles. The average Bonchev–Trinajstić information content (AvgIpc) is 2.84. The molecule has 0 bridgehead atoms. The van der Waals surface area contributed by atoms with Gasteiger partial charge in [-0.15, -0.1) is 0 Å². The zero-order valence-electron chi connectivity index (χ0n) is 8.71. The number of benzene rings is 1. The molecule has 3 nitrogen and oxygen atoms in total. The lowest BCUT2D eigenvalue weighted by molar-refractivity contribution is 1.05. The summed E-state index contributed by atoms with van der Waals surface area (Å²) in [4.78, 5) is 3.28. The molecule has 3 aromatic rings. The second-order valence-electron chi connectivity index (χ2n) is 3.80. The molecule has 0 spiro atoms. The summed E-state index contributed by atoms with van der Waals surface area (Å²) in [5.74, 6) is 0. The predicted octanol–water partition coefficient (Wildman–Crippen LogP) is 3.52. The van der Waals surface area contributed by atoms with Gasteiger partial charge < -0.3 is 4.98 Å². The third-order valence-corrected chi connectivity index (χ3v) is 3.00. The molecule has 4 heteroatoms. The number of fused-ring (bicyclic) bond motifs is 1. The highest BCUT2D eigenvalue weighted by atomic mass is 35.5. The molecule has 80 valence electrons. The van der Waals surface area contributed by atoms with Crippen LogP contribution in [0.2, 0.25) is 5.02 Å². The molecule has 2 heterocycles. The second kappa shape index (κ2) is 3.39. The van der Waals surface area contributed by atoms with Gasteiger partial charge in [0.05, 0.1) is 10.7 Å². The zero-order chi connectivity index (χ0) is 11.1. The molecular weight excluding hydrogens is 222 g/mol. The first kappa shape index (κ1) is 9.48. The molecule has 2 N–H and O–H groups in total. The first-order valence-electron chi connectivity index (χ1n) is 5.04. The van der Waals surface area contributed by atoms with E-state index >= 15 is 0 Å². The molecule has 0 fully saturated rings. The van der Waals surface area contributed by atoms with E-state index in [9.17, 15) is 0 Å². The normalized spacial score (nSPS) is 11.1. The molecule has 0 aliphatic carbocycles. The Hall–Kier alpha value is -1.74. The average molecular weight is 232 g/mol. The SMILES string of the molecule is Cc1cc(-c2[nH]c3ccccc3c2Cl)n[nH]1. The Kier molecular flexibility index (Phi) is 2.01. The van der Waals surface area contributed by atoms with Gasteiger partial charge in [0.2, 0.25) is 0 Å². The van der Waals surface area contributed by atoms with Crippen molar-refractivity contribution < 1.29 is 0 Å². The molecule has 0 saturated carbocycles. The lowest BCUT2D eigenvalue weighted by Crippen LogP contribution is -1.77. The number of hydrogen-bond acceptors (Lipinski definition) is 1. The zero-order valence-corrected chi connectivity index (χ0v) is 9.47. The molecule has 2 aromatic heterocycles. The first-order valence-corrected chi connectivity index (χ1v) is 5.42. The summed E-state index contributed by atoms with van der Waals surface area (Å²) in [6.07, 6.45) is 0. The number of hydrogen-bond donors (Lipinski definition) is 2. The summed E-state index contributed by atoms with van der Waals surface area (Å²) in [5, 5.41) is 8.86. The fraction of sp³-hybridized carbons (Fsp3) is 0.0833. The number of aryl methyl sites for hydroxylation is 1. The Morgan fingerprint density at radius 2 is 2.06 bits per heavy atom. The second-order valence-corrected chi connectivity index (χ2v) is 4.17. The van der Waals surface area contributed by atoms with Gasteiger partial charge in [0.25, 0.3) is 0 Å². The molecule has 0 atom stereocenters. The maximum Gasteiger partial charge on any atom is 0.110 e. The minimum atomic E-state index is 0.724. The number of halogens is 1. The van der Waals surface area contributed by atoms with Gasteiger partial charge in [0.15, 0.2) is 0 Å². The predicted molar refractivity (Wildman–Crippen MR) is 65.6 cm³/mol. The summed E-state index contributed by atoms with van der Waals surface area (Å²) in [5.41, 5.74) is 3.76. The minimum Gasteiger partial charge on any atom is -0.352 e. The summed E-state index contributed by atoms with van der Waals surface area (Å²) in [6.45, 7) is 1.97. The van der Waals surface area contributed by atoms with Crippen LogP contribution in [0.15, 0.2) is 30.3 Å². The highest BCUT2D eigenvalue weighted by Gasteiger charge is 2.12. The van der Waals surface area contributed by atoms with E-state index in [0.717, 1.165) is 33.0 Å². The van der Waals surface area contributed by atoms with Crippen molar-refractivity contribution in [2.24, 2.45) is 0 Å². The number of H-pyrrole nitrogens is 2. The molecule has 0 radical (unpaired) electrons. The monoisotopic (exact) mass is 231 g/mol. The Labute approximate surface area is 97.4 Å². The van der Waals surface area contributed by atoms with E-state index in [1.165, 1.54) is 0 Å². The van der Waals surface area contributed by atoms with Crippen molar-refractivity contribution >= 4 is 22.5 Å². The Morgan fingerprint density at radius 1 is 1.25 bits per heavy atom. The Bertz CT molecular complexity index is 651. The van der Waals surface area contributed by atoms with E-state index in [1.807, 2.05) is 37.3 Å². The lowest BCUT2D eigenvalue weighted by atomic mass is 10.2. The summed E-state index contributed by atoms with van der Waals surface area (Å²) in [6, 6.07) is 9.92. The highest BCUT2D eigenvalue weighted by Crippen LogP contribution is 2.33. The standard InChI is InChI=1S/C12H10ClN3/c1-7-6-10(16-15-7)12-11(13)8-4-2-3-5-9(8)14-12/h2-6,14H,1H3,(H,15,16). The van der Waals surface area contributed by atoms with E-state index in [0.29, 0.717) is 0 Å². The minimum absolute atomic E-state index is 0.724. The number of aromatic nitrogens is 3. The molecule has 3 rings (SSSR count). The van der Waals surface area contributed by atoms with E-state index < -0.39 is 0 Å². The van der Waals surface area contributed by atoms with Crippen molar-refractivity contribution in [2.75, 3.05) is 0 Å². The van der Waals surface area contributed by atoms with Crippen LogP contribution in [0.5, 0.6) is 0 Å². The van der Waals surface area contributed by atoms with Crippen molar-refractivity contribution in [3.63, 3.8) is 0 Å². The molecule has 0 aliphatic rings. The van der Waals surface area contributed by atoms with Gasteiger partial charge in [-0.2, -0.15) is 5.10 Å². The van der Waals surface area contributed by atoms with Gasteiger partial charge in [-0.25, -0.2) is 0 Å². The molecule has 0 saturated heterocycles. The van der Waals surface area contributed by atoms with Crippen molar-refractivity contribution in [3.05, 3.63) is 41.0 Å². The van der Waals surface area contributed by atoms with Crippen LogP contribution in [0.1, 0.15) is 5.69 Å². The molecule has 0 unspecified atom stereocenters. The summed E-state index contributed by atoms with van der Waals surface area (Å²) >= 11 is 6.32. The smallest absolute Gasteiger partial charge is 0.110 e. The Morgan fingerprint density at radius 3 is 2.75 bits per heavy atom. The van der Waals surface area contributed by atoms with Crippen molar-refractivity contribution in [1.82, 2.24) is 15.2 Å². The number of aromatic amines is 2. The fourth-order valence-corrected chi connectivity index (χ4v) is 2.14. The first-order chi connectivity index (χ1) is 7.75. The maximum atomic E-state index is 6.32. The molecule has 0 aliphatic heterocycles. The number of rotatable bonds is 1. The van der Waals surface area contributed by atoms with Gasteiger partial charge in [-0.3, -0.25) is 5.10 Å². The topological polar surface area (TPSA) is 44.5 Å². The Balaban J connectivity index is 2.28. The largest absolute Gasteiger partial charge is 0.352 e. The van der Waals surface area contributed by atoms with Gasteiger partial charge in [-0.1, -0.05) is 29.8 Å². The third-order valence-electron chi connectivity index (χ3n) is 2.60. The molecular formula is C12H10ClN3. The number of nitrogens with one attached hydrogen (secondary N) is 2. The van der Waals surface area contributed by atoms with Crippen molar-refractivity contribution in [3.8, 4) is 11.4 Å². The van der Waals surface area contributed by atoms with E-state index in [-0.39, 0.29) is 0 Å². The van der Waals surface area contributed by atoms with Gasteiger partial charge in [0.1, 0.15) is 5.69 Å². The van der Waals surface area contributed by atoms with Gasteiger partial charge in [-0.05, 0) is 19.1 Å². The fourth-order valence-electron chi connectivity index (χ4n) is 1.83. The summed E-state index contributed by atoms with van der Waals surface area (Å²) < 4.78 is 0. The maximum absolute atomic E-state index is 6.32. The highest BCUT2D eigenvalue weighted by molar-refractivity contribution is 6.38. The third kappa shape index (κ3) is 1.32.